The van der Waals surface area contributed by atoms with Crippen LogP contribution in [0.25, 0.3) is 10.9 Å². The summed E-state index contributed by atoms with van der Waals surface area (Å²) in [6.45, 7) is 3.75. The quantitative estimate of drug-likeness (QED) is 0.574. The van der Waals surface area contributed by atoms with Crippen molar-refractivity contribution in [2.24, 2.45) is 5.92 Å². The molecule has 3 aromatic rings. The molecule has 0 aliphatic carbocycles. The molecule has 0 saturated heterocycles. The SMILES string of the molecule is CC(C)CC(NC(=O)c1c[nH]c2ccc(Cc3ccccc3)cc2c1=O)C(=O)O. The molecule has 150 valence electrons. The molecule has 0 spiro atoms. The second kappa shape index (κ2) is 8.73. The zero-order valence-electron chi connectivity index (χ0n) is 16.4. The number of aliphatic carboxylic acids is 1. The third-order valence-electron chi connectivity index (χ3n) is 4.75. The molecule has 6 heteroatoms. The van der Waals surface area contributed by atoms with Crippen molar-refractivity contribution >= 4 is 22.8 Å². The molecule has 3 N–H and O–H groups in total. The lowest BCUT2D eigenvalue weighted by molar-refractivity contribution is -0.139. The van der Waals surface area contributed by atoms with Gasteiger partial charge in [-0.3, -0.25) is 9.59 Å². The van der Waals surface area contributed by atoms with E-state index in [4.69, 9.17) is 0 Å². The molecular formula is C23H24N2O4. The van der Waals surface area contributed by atoms with Crippen LogP contribution in [-0.2, 0) is 11.2 Å². The number of benzene rings is 2. The highest BCUT2D eigenvalue weighted by Gasteiger charge is 2.23. The fourth-order valence-electron chi connectivity index (χ4n) is 3.30. The van der Waals surface area contributed by atoms with E-state index in [9.17, 15) is 19.5 Å². The molecule has 1 aromatic heterocycles. The Morgan fingerprint density at radius 2 is 1.79 bits per heavy atom. The standard InChI is InChI=1S/C23H24N2O4/c1-14(2)10-20(23(28)29)25-22(27)18-13-24-19-9-8-16(12-17(19)21(18)26)11-15-6-4-3-5-7-15/h3-9,12-14,20H,10-11H2,1-2H3,(H,24,26)(H,25,27)(H,28,29). The lowest BCUT2D eigenvalue weighted by atomic mass is 10.0. The Morgan fingerprint density at radius 3 is 2.45 bits per heavy atom. The van der Waals surface area contributed by atoms with Crippen LogP contribution in [0, 0.1) is 5.92 Å². The van der Waals surface area contributed by atoms with E-state index in [2.05, 4.69) is 10.3 Å². The molecule has 1 amide bonds. The normalized spacial score (nSPS) is 12.1. The third kappa shape index (κ3) is 4.90. The van der Waals surface area contributed by atoms with Crippen molar-refractivity contribution in [2.45, 2.75) is 32.7 Å². The van der Waals surface area contributed by atoms with E-state index in [1.165, 1.54) is 6.20 Å². The lowest BCUT2D eigenvalue weighted by Crippen LogP contribution is -2.43. The van der Waals surface area contributed by atoms with E-state index in [0.717, 1.165) is 11.1 Å². The first-order chi connectivity index (χ1) is 13.8. The first-order valence-electron chi connectivity index (χ1n) is 9.57. The summed E-state index contributed by atoms with van der Waals surface area (Å²) in [7, 11) is 0. The van der Waals surface area contributed by atoms with Crippen molar-refractivity contribution in [3.05, 3.63) is 81.6 Å². The minimum absolute atomic E-state index is 0.0897. The number of pyridine rings is 1. The maximum absolute atomic E-state index is 12.9. The zero-order chi connectivity index (χ0) is 21.0. The molecule has 1 unspecified atom stereocenters. The number of amides is 1. The number of carboxylic acid groups (broad SMARTS) is 1. The molecule has 2 aromatic carbocycles. The Bertz CT molecular complexity index is 1090. The van der Waals surface area contributed by atoms with Crippen LogP contribution in [0.15, 0.2) is 59.5 Å². The van der Waals surface area contributed by atoms with E-state index in [1.54, 1.807) is 6.07 Å². The maximum Gasteiger partial charge on any atom is 0.326 e. The van der Waals surface area contributed by atoms with E-state index < -0.39 is 23.3 Å². The number of hydrogen-bond acceptors (Lipinski definition) is 3. The first kappa shape index (κ1) is 20.3. The summed E-state index contributed by atoms with van der Waals surface area (Å²) in [6.07, 6.45) is 2.29. The van der Waals surface area contributed by atoms with Gasteiger partial charge in [0.2, 0.25) is 5.43 Å². The van der Waals surface area contributed by atoms with Gasteiger partial charge in [0.1, 0.15) is 11.6 Å². The van der Waals surface area contributed by atoms with Crippen LogP contribution in [0.1, 0.15) is 41.8 Å². The molecule has 29 heavy (non-hydrogen) atoms. The first-order valence-corrected chi connectivity index (χ1v) is 9.57. The molecule has 0 radical (unpaired) electrons. The largest absolute Gasteiger partial charge is 0.480 e. The predicted molar refractivity (Wildman–Crippen MR) is 112 cm³/mol. The van der Waals surface area contributed by atoms with Crippen LogP contribution >= 0.6 is 0 Å². The molecule has 0 saturated carbocycles. The van der Waals surface area contributed by atoms with E-state index in [1.807, 2.05) is 56.3 Å². The molecular weight excluding hydrogens is 368 g/mol. The summed E-state index contributed by atoms with van der Waals surface area (Å²) in [6, 6.07) is 14.4. The van der Waals surface area contributed by atoms with Gasteiger partial charge in [-0.15, -0.1) is 0 Å². The van der Waals surface area contributed by atoms with Crippen LogP contribution in [0.3, 0.4) is 0 Å². The zero-order valence-corrected chi connectivity index (χ0v) is 16.4. The highest BCUT2D eigenvalue weighted by Crippen LogP contribution is 2.15. The Kier molecular flexibility index (Phi) is 6.12. The average Bonchev–Trinajstić information content (AvgIpc) is 2.68. The van der Waals surface area contributed by atoms with E-state index in [0.29, 0.717) is 17.3 Å². The fraction of sp³-hybridized carbons (Fsp3) is 0.261. The number of nitrogens with one attached hydrogen (secondary N) is 2. The minimum Gasteiger partial charge on any atom is -0.480 e. The molecule has 0 fully saturated rings. The molecule has 0 bridgehead atoms. The maximum atomic E-state index is 12.9. The number of carbonyl (C=O) groups is 2. The van der Waals surface area contributed by atoms with E-state index in [-0.39, 0.29) is 17.9 Å². The summed E-state index contributed by atoms with van der Waals surface area (Å²) >= 11 is 0. The number of hydrogen-bond donors (Lipinski definition) is 3. The second-order valence-electron chi connectivity index (χ2n) is 7.57. The number of carboxylic acids is 1. The number of aromatic nitrogens is 1. The third-order valence-corrected chi connectivity index (χ3v) is 4.75. The highest BCUT2D eigenvalue weighted by atomic mass is 16.4. The number of H-pyrrole nitrogens is 1. The fourth-order valence-corrected chi connectivity index (χ4v) is 3.30. The van der Waals surface area contributed by atoms with Gasteiger partial charge in [0, 0.05) is 17.1 Å². The molecule has 1 atom stereocenters. The average molecular weight is 392 g/mol. The van der Waals surface area contributed by atoms with Gasteiger partial charge in [0.05, 0.1) is 0 Å². The predicted octanol–water partition coefficient (Wildman–Crippen LogP) is 3.35. The van der Waals surface area contributed by atoms with Gasteiger partial charge >= 0.3 is 5.97 Å². The van der Waals surface area contributed by atoms with Crippen molar-refractivity contribution in [3.63, 3.8) is 0 Å². The van der Waals surface area contributed by atoms with Crippen molar-refractivity contribution in [1.82, 2.24) is 10.3 Å². The van der Waals surface area contributed by atoms with Gasteiger partial charge in [0.25, 0.3) is 5.91 Å². The van der Waals surface area contributed by atoms with Crippen molar-refractivity contribution in [3.8, 4) is 0 Å². The van der Waals surface area contributed by atoms with E-state index >= 15 is 0 Å². The summed E-state index contributed by atoms with van der Waals surface area (Å²) < 4.78 is 0. The Labute approximate surface area is 168 Å². The van der Waals surface area contributed by atoms with Gasteiger partial charge in [0.15, 0.2) is 0 Å². The minimum atomic E-state index is -1.12. The molecule has 6 nitrogen and oxygen atoms in total. The number of aromatic amines is 1. The van der Waals surface area contributed by atoms with Crippen LogP contribution in [0.5, 0.6) is 0 Å². The summed E-state index contributed by atoms with van der Waals surface area (Å²) in [4.78, 5) is 39.9. The summed E-state index contributed by atoms with van der Waals surface area (Å²) in [5.41, 5.74) is 2.19. The van der Waals surface area contributed by atoms with Gasteiger partial charge in [-0.2, -0.15) is 0 Å². The molecule has 0 aliphatic heterocycles. The van der Waals surface area contributed by atoms with Crippen molar-refractivity contribution in [2.75, 3.05) is 0 Å². The molecule has 3 rings (SSSR count). The van der Waals surface area contributed by atoms with Gasteiger partial charge in [-0.05, 0) is 42.0 Å². The van der Waals surface area contributed by atoms with Gasteiger partial charge in [-0.25, -0.2) is 4.79 Å². The van der Waals surface area contributed by atoms with Crippen molar-refractivity contribution in [1.29, 1.82) is 0 Å². The summed E-state index contributed by atoms with van der Waals surface area (Å²) in [5.74, 6) is -1.71. The van der Waals surface area contributed by atoms with Crippen molar-refractivity contribution < 1.29 is 14.7 Å². The smallest absolute Gasteiger partial charge is 0.326 e. The monoisotopic (exact) mass is 392 g/mol. The Morgan fingerprint density at radius 1 is 1.07 bits per heavy atom. The van der Waals surface area contributed by atoms with Crippen LogP contribution in [0.4, 0.5) is 0 Å². The Balaban J connectivity index is 1.90. The topological polar surface area (TPSA) is 99.3 Å². The molecule has 0 aliphatic rings. The van der Waals surface area contributed by atoms with Gasteiger partial charge < -0.3 is 15.4 Å². The second-order valence-corrected chi connectivity index (χ2v) is 7.57. The molecule has 1 heterocycles. The van der Waals surface area contributed by atoms with Gasteiger partial charge in [-0.1, -0.05) is 50.2 Å². The van der Waals surface area contributed by atoms with Crippen LogP contribution in [0.2, 0.25) is 0 Å². The van der Waals surface area contributed by atoms with Crippen LogP contribution < -0.4 is 10.7 Å². The number of rotatable bonds is 7. The number of fused-ring (bicyclic) bond motifs is 1. The number of carbonyl (C=O) groups excluding carboxylic acids is 1. The highest BCUT2D eigenvalue weighted by molar-refractivity contribution is 5.99. The van der Waals surface area contributed by atoms with Crippen LogP contribution in [-0.4, -0.2) is 28.0 Å². The summed E-state index contributed by atoms with van der Waals surface area (Å²) in [5, 5.41) is 12.2. The Hall–Kier alpha value is -3.41. The lowest BCUT2D eigenvalue weighted by Gasteiger charge is -2.16.